The number of halogens is 1. The normalized spacial score (nSPS) is 18.3. The summed E-state index contributed by atoms with van der Waals surface area (Å²) in [7, 11) is 1.78. The van der Waals surface area contributed by atoms with Crippen molar-refractivity contribution in [1.82, 2.24) is 10.6 Å². The highest BCUT2D eigenvalue weighted by atomic mass is 35.5. The summed E-state index contributed by atoms with van der Waals surface area (Å²) in [4.78, 5) is 5.49. The first-order valence-electron chi connectivity index (χ1n) is 8.16. The minimum atomic E-state index is 0.308. The van der Waals surface area contributed by atoms with Crippen LogP contribution in [0.15, 0.2) is 17.1 Å². The number of rotatable bonds is 9. The van der Waals surface area contributed by atoms with Crippen LogP contribution in [0.2, 0.25) is 4.34 Å². The van der Waals surface area contributed by atoms with E-state index in [2.05, 4.69) is 21.7 Å². The summed E-state index contributed by atoms with van der Waals surface area (Å²) in [6.45, 7) is 4.03. The minimum Gasteiger partial charge on any atom is -0.379 e. The minimum absolute atomic E-state index is 0.308. The lowest BCUT2D eigenvalue weighted by atomic mass is 10.2. The van der Waals surface area contributed by atoms with Gasteiger partial charge < -0.3 is 20.1 Å². The highest BCUT2D eigenvalue weighted by Crippen LogP contribution is 2.21. The van der Waals surface area contributed by atoms with Gasteiger partial charge in [-0.05, 0) is 37.8 Å². The van der Waals surface area contributed by atoms with Crippen LogP contribution >= 0.6 is 22.9 Å². The van der Waals surface area contributed by atoms with Crippen molar-refractivity contribution in [3.05, 3.63) is 21.3 Å². The van der Waals surface area contributed by atoms with Gasteiger partial charge in [-0.2, -0.15) is 0 Å². The van der Waals surface area contributed by atoms with Gasteiger partial charge in [0.2, 0.25) is 0 Å². The van der Waals surface area contributed by atoms with E-state index in [-0.39, 0.29) is 0 Å². The Balaban J connectivity index is 1.47. The average molecular weight is 360 g/mol. The second-order valence-electron chi connectivity index (χ2n) is 5.45. The van der Waals surface area contributed by atoms with Crippen molar-refractivity contribution in [2.45, 2.75) is 31.8 Å². The van der Waals surface area contributed by atoms with Gasteiger partial charge in [-0.25, -0.2) is 0 Å². The Kier molecular flexibility index (Phi) is 8.74. The van der Waals surface area contributed by atoms with Crippen LogP contribution in [0.3, 0.4) is 0 Å². The number of hydrogen-bond donors (Lipinski definition) is 2. The molecule has 1 aromatic heterocycles. The van der Waals surface area contributed by atoms with Gasteiger partial charge in [0.05, 0.1) is 17.0 Å². The molecule has 1 aliphatic rings. The average Bonchev–Trinajstić information content (AvgIpc) is 3.20. The molecule has 0 amide bonds. The lowest BCUT2D eigenvalue weighted by Gasteiger charge is -2.12. The second-order valence-corrected chi connectivity index (χ2v) is 7.24. The first kappa shape index (κ1) is 18.5. The van der Waals surface area contributed by atoms with E-state index in [1.807, 2.05) is 6.07 Å². The molecule has 0 spiro atoms. The zero-order valence-corrected chi connectivity index (χ0v) is 15.2. The molecule has 1 saturated heterocycles. The van der Waals surface area contributed by atoms with Gasteiger partial charge in [-0.1, -0.05) is 11.6 Å². The van der Waals surface area contributed by atoms with E-state index in [1.165, 1.54) is 4.88 Å². The Labute approximate surface area is 147 Å². The van der Waals surface area contributed by atoms with E-state index in [9.17, 15) is 0 Å². The van der Waals surface area contributed by atoms with Crippen LogP contribution in [0.4, 0.5) is 0 Å². The van der Waals surface area contributed by atoms with E-state index >= 15 is 0 Å². The molecule has 130 valence electrons. The Morgan fingerprint density at radius 3 is 3.00 bits per heavy atom. The van der Waals surface area contributed by atoms with Crippen LogP contribution < -0.4 is 10.6 Å². The molecule has 0 bridgehead atoms. The van der Waals surface area contributed by atoms with Crippen molar-refractivity contribution in [1.29, 1.82) is 0 Å². The van der Waals surface area contributed by atoms with Crippen molar-refractivity contribution < 1.29 is 9.47 Å². The Morgan fingerprint density at radius 2 is 2.30 bits per heavy atom. The second kappa shape index (κ2) is 10.9. The zero-order chi connectivity index (χ0) is 16.3. The number of nitrogens with zero attached hydrogens (tertiary/aromatic N) is 1. The van der Waals surface area contributed by atoms with Crippen LogP contribution in [0.5, 0.6) is 0 Å². The highest BCUT2D eigenvalue weighted by molar-refractivity contribution is 7.16. The van der Waals surface area contributed by atoms with Crippen LogP contribution in [0.1, 0.15) is 24.1 Å². The molecule has 0 saturated carbocycles. The summed E-state index contributed by atoms with van der Waals surface area (Å²) in [5, 5.41) is 6.60. The van der Waals surface area contributed by atoms with Crippen LogP contribution in [-0.4, -0.2) is 52.0 Å². The number of thiophene rings is 1. The third-order valence-electron chi connectivity index (χ3n) is 3.60. The molecule has 7 heteroatoms. The van der Waals surface area contributed by atoms with Gasteiger partial charge in [0, 0.05) is 38.2 Å². The molecular weight excluding hydrogens is 334 g/mol. The summed E-state index contributed by atoms with van der Waals surface area (Å²) in [6.07, 6.45) is 4.50. The smallest absolute Gasteiger partial charge is 0.190 e. The van der Waals surface area contributed by atoms with Crippen LogP contribution in [-0.2, 0) is 15.9 Å². The van der Waals surface area contributed by atoms with Crippen molar-refractivity contribution in [2.75, 3.05) is 40.0 Å². The van der Waals surface area contributed by atoms with E-state index in [4.69, 9.17) is 21.1 Å². The van der Waals surface area contributed by atoms with Gasteiger partial charge in [-0.3, -0.25) is 4.99 Å². The summed E-state index contributed by atoms with van der Waals surface area (Å²) >= 11 is 7.55. The first-order chi connectivity index (χ1) is 11.3. The molecule has 0 radical (unpaired) electrons. The number of aliphatic imine (C=N–C) groups is 1. The molecule has 1 aromatic rings. The van der Waals surface area contributed by atoms with E-state index in [0.717, 1.165) is 68.9 Å². The standard InChI is InChI=1S/C16H26ClN3O2S/c1-18-16(20-9-7-14-5-6-15(17)23-14)19-8-3-10-21-12-13-4-2-11-22-13/h5-6,13H,2-4,7-12H2,1H3,(H2,18,19,20). The molecule has 23 heavy (non-hydrogen) atoms. The van der Waals surface area contributed by atoms with Gasteiger partial charge in [0.1, 0.15) is 0 Å². The quantitative estimate of drug-likeness (QED) is 0.404. The molecule has 1 unspecified atom stereocenters. The monoisotopic (exact) mass is 359 g/mol. The van der Waals surface area contributed by atoms with E-state index in [0.29, 0.717) is 6.10 Å². The zero-order valence-electron chi connectivity index (χ0n) is 13.6. The predicted octanol–water partition coefficient (Wildman–Crippen LogP) is 2.69. The molecular formula is C16H26ClN3O2S. The lowest BCUT2D eigenvalue weighted by molar-refractivity contribution is 0.0168. The molecule has 1 atom stereocenters. The van der Waals surface area contributed by atoms with Gasteiger partial charge in [0.15, 0.2) is 5.96 Å². The third-order valence-corrected chi connectivity index (χ3v) is 4.89. The largest absolute Gasteiger partial charge is 0.379 e. The van der Waals surface area contributed by atoms with Crippen molar-refractivity contribution >= 4 is 28.9 Å². The number of hydrogen-bond acceptors (Lipinski definition) is 4. The van der Waals surface area contributed by atoms with E-state index in [1.54, 1.807) is 18.4 Å². The van der Waals surface area contributed by atoms with Gasteiger partial charge in [-0.15, -0.1) is 11.3 Å². The summed E-state index contributed by atoms with van der Waals surface area (Å²) in [5.74, 6) is 0.826. The topological polar surface area (TPSA) is 54.9 Å². The van der Waals surface area contributed by atoms with Crippen molar-refractivity contribution in [3.8, 4) is 0 Å². The first-order valence-corrected chi connectivity index (χ1v) is 9.35. The lowest BCUT2D eigenvalue weighted by Crippen LogP contribution is -2.39. The molecule has 5 nitrogen and oxygen atoms in total. The van der Waals surface area contributed by atoms with Crippen LogP contribution in [0.25, 0.3) is 0 Å². The molecule has 0 aliphatic carbocycles. The SMILES string of the molecule is CN=C(NCCCOCC1CCCO1)NCCc1ccc(Cl)s1. The molecule has 1 aliphatic heterocycles. The van der Waals surface area contributed by atoms with Gasteiger partial charge in [0.25, 0.3) is 0 Å². The van der Waals surface area contributed by atoms with Crippen molar-refractivity contribution in [3.63, 3.8) is 0 Å². The molecule has 2 rings (SSSR count). The van der Waals surface area contributed by atoms with Gasteiger partial charge >= 0.3 is 0 Å². The summed E-state index contributed by atoms with van der Waals surface area (Å²) in [6, 6.07) is 4.00. The number of guanidine groups is 1. The van der Waals surface area contributed by atoms with E-state index < -0.39 is 0 Å². The van der Waals surface area contributed by atoms with Crippen LogP contribution in [0, 0.1) is 0 Å². The maximum Gasteiger partial charge on any atom is 0.190 e. The highest BCUT2D eigenvalue weighted by Gasteiger charge is 2.14. The Bertz CT molecular complexity index is 476. The third kappa shape index (κ3) is 7.52. The van der Waals surface area contributed by atoms with Crippen molar-refractivity contribution in [2.24, 2.45) is 4.99 Å². The summed E-state index contributed by atoms with van der Waals surface area (Å²) in [5.41, 5.74) is 0. The molecule has 2 N–H and O–H groups in total. The fourth-order valence-corrected chi connectivity index (χ4v) is 3.47. The number of nitrogens with one attached hydrogen (secondary N) is 2. The Hall–Kier alpha value is -0.820. The predicted molar refractivity (Wildman–Crippen MR) is 96.8 cm³/mol. The fourth-order valence-electron chi connectivity index (χ4n) is 2.38. The fraction of sp³-hybridized carbons (Fsp3) is 0.688. The Morgan fingerprint density at radius 1 is 1.43 bits per heavy atom. The molecule has 1 fully saturated rings. The number of ether oxygens (including phenoxy) is 2. The maximum absolute atomic E-state index is 5.92. The summed E-state index contributed by atoms with van der Waals surface area (Å²) < 4.78 is 12.0. The maximum atomic E-state index is 5.92. The molecule has 0 aromatic carbocycles. The molecule has 2 heterocycles.